The molecule has 0 saturated heterocycles. The molecule has 11 heavy (non-hydrogen) atoms. The van der Waals surface area contributed by atoms with Gasteiger partial charge in [-0.25, -0.2) is 4.39 Å². The van der Waals surface area contributed by atoms with Crippen LogP contribution < -0.4 is 0 Å². The molecule has 1 aromatic rings. The van der Waals surface area contributed by atoms with Crippen LogP contribution in [-0.2, 0) is 0 Å². The van der Waals surface area contributed by atoms with Crippen molar-refractivity contribution in [3.05, 3.63) is 34.1 Å². The second-order valence-electron chi connectivity index (χ2n) is 1.91. The number of hydrogen-bond donors (Lipinski definition) is 1. The molecule has 0 aliphatic rings. The zero-order chi connectivity index (χ0) is 8.27. The first-order valence-corrected chi connectivity index (χ1v) is 3.66. The van der Waals surface area contributed by atoms with Crippen LogP contribution in [0.1, 0.15) is 5.56 Å². The number of benzene rings is 1. The molecule has 2 nitrogen and oxygen atoms in total. The van der Waals surface area contributed by atoms with E-state index in [0.29, 0.717) is 0 Å². The Morgan fingerprint density at radius 3 is 2.91 bits per heavy atom. The van der Waals surface area contributed by atoms with Crippen LogP contribution in [0.25, 0.3) is 0 Å². The molecule has 0 saturated carbocycles. The van der Waals surface area contributed by atoms with Crippen LogP contribution >= 0.6 is 15.9 Å². The highest BCUT2D eigenvalue weighted by atomic mass is 79.9. The van der Waals surface area contributed by atoms with Gasteiger partial charge in [0.2, 0.25) is 0 Å². The van der Waals surface area contributed by atoms with Gasteiger partial charge in [0.05, 0.1) is 6.21 Å². The van der Waals surface area contributed by atoms with Crippen molar-refractivity contribution in [2.75, 3.05) is 0 Å². The lowest BCUT2D eigenvalue weighted by molar-refractivity contribution is 0.321. The van der Waals surface area contributed by atoms with Gasteiger partial charge in [-0.3, -0.25) is 0 Å². The minimum atomic E-state index is -0.411. The molecule has 0 heterocycles. The summed E-state index contributed by atoms with van der Waals surface area (Å²) in [6.07, 6.45) is 1.04. The van der Waals surface area contributed by atoms with Crippen molar-refractivity contribution in [2.24, 2.45) is 5.16 Å². The normalized spacial score (nSPS) is 10.7. The van der Waals surface area contributed by atoms with E-state index in [2.05, 4.69) is 21.1 Å². The number of halogens is 2. The van der Waals surface area contributed by atoms with Crippen molar-refractivity contribution in [2.45, 2.75) is 0 Å². The smallest absolute Gasteiger partial charge is 0.132 e. The Hall–Kier alpha value is -0.900. The van der Waals surface area contributed by atoms with Gasteiger partial charge < -0.3 is 5.21 Å². The molecule has 58 valence electrons. The monoisotopic (exact) mass is 217 g/mol. The maximum absolute atomic E-state index is 12.7. The molecule has 1 rings (SSSR count). The largest absolute Gasteiger partial charge is 0.411 e. The molecule has 0 spiro atoms. The lowest BCUT2D eigenvalue weighted by atomic mass is 10.2. The maximum atomic E-state index is 12.7. The van der Waals surface area contributed by atoms with Crippen molar-refractivity contribution >= 4 is 22.1 Å². The predicted octanol–water partition coefficient (Wildman–Crippen LogP) is 2.40. The molecule has 0 atom stereocenters. The predicted molar refractivity (Wildman–Crippen MR) is 43.5 cm³/mol. The third-order valence-corrected chi connectivity index (χ3v) is 1.65. The summed E-state index contributed by atoms with van der Waals surface area (Å²) in [4.78, 5) is 0. The van der Waals surface area contributed by atoms with Crippen LogP contribution in [0.3, 0.4) is 0 Å². The Morgan fingerprint density at radius 1 is 1.55 bits per heavy atom. The van der Waals surface area contributed by atoms with Crippen LogP contribution in [-0.4, -0.2) is 11.4 Å². The Kier molecular flexibility index (Phi) is 2.59. The van der Waals surface area contributed by atoms with Crippen LogP contribution in [0.4, 0.5) is 4.39 Å². The molecule has 0 bridgehead atoms. The van der Waals surface area contributed by atoms with Crippen LogP contribution in [0.2, 0.25) is 0 Å². The van der Waals surface area contributed by atoms with Gasteiger partial charge in [0.25, 0.3) is 0 Å². The zero-order valence-corrected chi connectivity index (χ0v) is 7.05. The fourth-order valence-electron chi connectivity index (χ4n) is 0.676. The summed E-state index contributed by atoms with van der Waals surface area (Å²) < 4.78 is 13.5. The standard InChI is InChI=1S/C7H5BrFNO/c8-6-1-2-7(9)5(3-6)4-10-11/h1-4,11H/b10-4+. The van der Waals surface area contributed by atoms with E-state index in [4.69, 9.17) is 5.21 Å². The molecule has 1 N–H and O–H groups in total. The Balaban J connectivity index is 3.12. The fourth-order valence-corrected chi connectivity index (χ4v) is 1.05. The van der Waals surface area contributed by atoms with E-state index in [-0.39, 0.29) is 5.56 Å². The lowest BCUT2D eigenvalue weighted by Gasteiger charge is -1.94. The van der Waals surface area contributed by atoms with Crippen molar-refractivity contribution in [1.82, 2.24) is 0 Å². The molecule has 0 amide bonds. The molecule has 0 radical (unpaired) electrons. The number of hydrogen-bond acceptors (Lipinski definition) is 2. The molecular weight excluding hydrogens is 213 g/mol. The van der Waals surface area contributed by atoms with E-state index in [1.165, 1.54) is 12.1 Å². The van der Waals surface area contributed by atoms with Gasteiger partial charge in [-0.15, -0.1) is 0 Å². The highest BCUT2D eigenvalue weighted by Crippen LogP contribution is 2.13. The molecular formula is C7H5BrFNO. The SMILES string of the molecule is O/N=C/c1cc(Br)ccc1F. The van der Waals surface area contributed by atoms with Crippen LogP contribution in [0, 0.1) is 5.82 Å². The first-order chi connectivity index (χ1) is 5.24. The van der Waals surface area contributed by atoms with Crippen molar-refractivity contribution < 1.29 is 9.60 Å². The molecule has 1 aromatic carbocycles. The summed E-state index contributed by atoms with van der Waals surface area (Å²) in [5.41, 5.74) is 0.252. The second kappa shape index (κ2) is 3.48. The Labute approximate surface area is 71.5 Å². The van der Waals surface area contributed by atoms with Gasteiger partial charge in [-0.2, -0.15) is 0 Å². The van der Waals surface area contributed by atoms with E-state index in [9.17, 15) is 4.39 Å². The number of oxime groups is 1. The van der Waals surface area contributed by atoms with Gasteiger partial charge in [-0.1, -0.05) is 21.1 Å². The summed E-state index contributed by atoms with van der Waals surface area (Å²) in [5.74, 6) is -0.411. The highest BCUT2D eigenvalue weighted by molar-refractivity contribution is 9.10. The fraction of sp³-hybridized carbons (Fsp3) is 0. The van der Waals surface area contributed by atoms with Crippen LogP contribution in [0.15, 0.2) is 27.8 Å². The number of nitrogens with zero attached hydrogens (tertiary/aromatic N) is 1. The topological polar surface area (TPSA) is 32.6 Å². The van der Waals surface area contributed by atoms with E-state index in [1.807, 2.05) is 0 Å². The summed E-state index contributed by atoms with van der Waals surface area (Å²) in [6.45, 7) is 0. The average molecular weight is 218 g/mol. The Morgan fingerprint density at radius 2 is 2.27 bits per heavy atom. The first kappa shape index (κ1) is 8.20. The summed E-state index contributed by atoms with van der Waals surface area (Å²) >= 11 is 3.16. The summed E-state index contributed by atoms with van der Waals surface area (Å²) in [6, 6.07) is 4.39. The van der Waals surface area contributed by atoms with E-state index in [1.54, 1.807) is 6.07 Å². The van der Waals surface area contributed by atoms with Crippen molar-refractivity contribution in [3.63, 3.8) is 0 Å². The van der Waals surface area contributed by atoms with Crippen molar-refractivity contribution in [1.29, 1.82) is 0 Å². The van der Waals surface area contributed by atoms with Gasteiger partial charge in [0.15, 0.2) is 0 Å². The highest BCUT2D eigenvalue weighted by Gasteiger charge is 1.98. The molecule has 4 heteroatoms. The minimum absolute atomic E-state index is 0.252. The average Bonchev–Trinajstić information content (AvgIpc) is 1.98. The lowest BCUT2D eigenvalue weighted by Crippen LogP contribution is -1.86. The molecule has 0 aliphatic heterocycles. The van der Waals surface area contributed by atoms with Crippen LogP contribution in [0.5, 0.6) is 0 Å². The third-order valence-electron chi connectivity index (χ3n) is 1.15. The third kappa shape index (κ3) is 2.01. The van der Waals surface area contributed by atoms with Gasteiger partial charge >= 0.3 is 0 Å². The minimum Gasteiger partial charge on any atom is -0.411 e. The maximum Gasteiger partial charge on any atom is 0.132 e. The van der Waals surface area contributed by atoms with Crippen molar-refractivity contribution in [3.8, 4) is 0 Å². The first-order valence-electron chi connectivity index (χ1n) is 2.86. The molecule has 0 unspecified atom stereocenters. The van der Waals surface area contributed by atoms with Gasteiger partial charge in [0, 0.05) is 10.0 Å². The molecule has 0 aromatic heterocycles. The number of rotatable bonds is 1. The summed E-state index contributed by atoms with van der Waals surface area (Å²) in [7, 11) is 0. The van der Waals surface area contributed by atoms with E-state index >= 15 is 0 Å². The van der Waals surface area contributed by atoms with Gasteiger partial charge in [0.1, 0.15) is 5.82 Å². The second-order valence-corrected chi connectivity index (χ2v) is 2.83. The van der Waals surface area contributed by atoms with E-state index in [0.717, 1.165) is 10.7 Å². The summed E-state index contributed by atoms with van der Waals surface area (Å²) in [5, 5.41) is 10.8. The van der Waals surface area contributed by atoms with E-state index < -0.39 is 5.82 Å². The zero-order valence-electron chi connectivity index (χ0n) is 5.46. The molecule has 0 fully saturated rings. The van der Waals surface area contributed by atoms with Gasteiger partial charge in [-0.05, 0) is 18.2 Å². The quantitative estimate of drug-likeness (QED) is 0.438. The molecule has 0 aliphatic carbocycles. The Bertz CT molecular complexity index is 288.